The molecule has 1 amide bonds. The average Bonchev–Trinajstić information content (AvgIpc) is 3.26. The molecule has 1 aliphatic heterocycles. The number of benzene rings is 2. The van der Waals surface area contributed by atoms with Gasteiger partial charge in [-0.2, -0.15) is 13.2 Å². The van der Waals surface area contributed by atoms with Crippen molar-refractivity contribution in [2.75, 3.05) is 6.54 Å². The van der Waals surface area contributed by atoms with Crippen molar-refractivity contribution in [2.24, 2.45) is 0 Å². The third kappa shape index (κ3) is 4.53. The summed E-state index contributed by atoms with van der Waals surface area (Å²) in [6, 6.07) is 12.0. The molecule has 4 nitrogen and oxygen atoms in total. The van der Waals surface area contributed by atoms with Crippen molar-refractivity contribution >= 4 is 27.5 Å². The van der Waals surface area contributed by atoms with Crippen molar-refractivity contribution in [3.05, 3.63) is 47.5 Å². The minimum atomic E-state index is -4.33. The van der Waals surface area contributed by atoms with Gasteiger partial charge in [0.25, 0.3) is 0 Å². The van der Waals surface area contributed by atoms with Crippen LogP contribution in [0.2, 0.25) is 0 Å². The molecule has 8 heteroatoms. The first kappa shape index (κ1) is 19.7. The minimum absolute atomic E-state index is 0.170. The number of halogens is 3. The van der Waals surface area contributed by atoms with Gasteiger partial charge in [0, 0.05) is 12.8 Å². The van der Waals surface area contributed by atoms with E-state index in [4.69, 9.17) is 9.72 Å². The number of ether oxygens (including phenoxy) is 1. The number of hydrogen-bond donors (Lipinski definition) is 1. The van der Waals surface area contributed by atoms with Crippen molar-refractivity contribution in [1.29, 1.82) is 0 Å². The molecule has 2 aromatic carbocycles. The summed E-state index contributed by atoms with van der Waals surface area (Å²) in [5.41, 5.74) is 3.94. The molecule has 1 aliphatic rings. The second kappa shape index (κ2) is 7.67. The third-order valence-corrected chi connectivity index (χ3v) is 5.80. The maximum Gasteiger partial charge on any atom is 0.389 e. The molecule has 1 N–H and O–H groups in total. The number of aryl methyl sites for hydroxylation is 1. The van der Waals surface area contributed by atoms with E-state index in [1.54, 1.807) is 11.3 Å². The summed E-state index contributed by atoms with van der Waals surface area (Å²) in [6.07, 6.45) is -5.74. The predicted octanol–water partition coefficient (Wildman–Crippen LogP) is 5.03. The van der Waals surface area contributed by atoms with Gasteiger partial charge in [0.05, 0.1) is 28.7 Å². The van der Waals surface area contributed by atoms with E-state index in [-0.39, 0.29) is 12.6 Å². The summed E-state index contributed by atoms with van der Waals surface area (Å²) in [5.74, 6) is 0.119. The van der Waals surface area contributed by atoms with Gasteiger partial charge in [-0.25, -0.2) is 4.98 Å². The lowest BCUT2D eigenvalue weighted by atomic mass is 10.0. The van der Waals surface area contributed by atoms with E-state index in [0.717, 1.165) is 37.7 Å². The first-order valence-corrected chi connectivity index (χ1v) is 10.1. The molecule has 0 bridgehead atoms. The van der Waals surface area contributed by atoms with Gasteiger partial charge in [-0.3, -0.25) is 4.79 Å². The number of hydrogen-bond acceptors (Lipinski definition) is 4. The molecule has 0 fully saturated rings. The third-order valence-electron chi connectivity index (χ3n) is 4.73. The van der Waals surface area contributed by atoms with Crippen LogP contribution in [0.4, 0.5) is 13.2 Å². The van der Waals surface area contributed by atoms with E-state index in [0.29, 0.717) is 6.42 Å². The van der Waals surface area contributed by atoms with Gasteiger partial charge in [0.1, 0.15) is 16.9 Å². The van der Waals surface area contributed by atoms with Gasteiger partial charge in [-0.15, -0.1) is 11.3 Å². The lowest BCUT2D eigenvalue weighted by molar-refractivity contribution is -0.144. The Morgan fingerprint density at radius 1 is 1.31 bits per heavy atom. The van der Waals surface area contributed by atoms with Crippen LogP contribution in [-0.4, -0.2) is 29.7 Å². The smallest absolute Gasteiger partial charge is 0.389 e. The number of rotatable bonds is 5. The quantitative estimate of drug-likeness (QED) is 0.630. The zero-order valence-corrected chi connectivity index (χ0v) is 16.5. The van der Waals surface area contributed by atoms with Gasteiger partial charge in [0.2, 0.25) is 5.91 Å². The van der Waals surface area contributed by atoms with E-state index >= 15 is 0 Å². The number of carbonyl (C=O) groups is 1. The molecule has 29 heavy (non-hydrogen) atoms. The number of thiazole rings is 1. The summed E-state index contributed by atoms with van der Waals surface area (Å²) in [4.78, 5) is 16.4. The molecule has 1 atom stereocenters. The topological polar surface area (TPSA) is 51.2 Å². The highest BCUT2D eigenvalue weighted by molar-refractivity contribution is 7.21. The standard InChI is InChI=1S/C21H19F3N2O2S/c1-12-8-13-10-14(11-25-18(27)6-7-21(22,23)24)28-19(13)15(9-12)20-26-16-4-2-3-5-17(16)29-20/h2-5,8-9,14H,6-7,10-11H2,1H3,(H,25,27)/t14-/m0/s1. The predicted molar refractivity (Wildman–Crippen MR) is 106 cm³/mol. The molecule has 4 rings (SSSR count). The summed E-state index contributed by atoms with van der Waals surface area (Å²) in [5, 5.41) is 3.41. The molecule has 0 radical (unpaired) electrons. The van der Waals surface area contributed by atoms with Gasteiger partial charge in [0.15, 0.2) is 0 Å². The monoisotopic (exact) mass is 420 g/mol. The van der Waals surface area contributed by atoms with Crippen LogP contribution in [0.25, 0.3) is 20.8 Å². The Morgan fingerprint density at radius 2 is 2.10 bits per heavy atom. The first-order chi connectivity index (χ1) is 13.8. The number of nitrogens with zero attached hydrogens (tertiary/aromatic N) is 1. The fourth-order valence-electron chi connectivity index (χ4n) is 3.42. The molecule has 0 spiro atoms. The van der Waals surface area contributed by atoms with Crippen LogP contribution < -0.4 is 10.1 Å². The number of fused-ring (bicyclic) bond motifs is 2. The molecular weight excluding hydrogens is 401 g/mol. The van der Waals surface area contributed by atoms with Crippen molar-refractivity contribution in [2.45, 2.75) is 38.5 Å². The Labute approximate surface area is 169 Å². The highest BCUT2D eigenvalue weighted by Crippen LogP contribution is 2.42. The van der Waals surface area contributed by atoms with Crippen LogP contribution in [0.3, 0.4) is 0 Å². The van der Waals surface area contributed by atoms with Crippen molar-refractivity contribution in [3.63, 3.8) is 0 Å². The van der Waals surface area contributed by atoms with Crippen LogP contribution in [-0.2, 0) is 11.2 Å². The SMILES string of the molecule is Cc1cc2c(c(-c3nc4ccccc4s3)c1)O[C@H](CNC(=O)CCC(F)(F)F)C2. The van der Waals surface area contributed by atoms with Gasteiger partial charge >= 0.3 is 6.18 Å². The second-order valence-corrected chi connectivity index (χ2v) is 8.18. The highest BCUT2D eigenvalue weighted by atomic mass is 32.1. The van der Waals surface area contributed by atoms with E-state index in [9.17, 15) is 18.0 Å². The summed E-state index contributed by atoms with van der Waals surface area (Å²) < 4.78 is 43.9. The number of nitrogens with one attached hydrogen (secondary N) is 1. The van der Waals surface area contributed by atoms with Gasteiger partial charge in [-0.1, -0.05) is 18.2 Å². The Morgan fingerprint density at radius 3 is 2.86 bits per heavy atom. The number of aromatic nitrogens is 1. The van der Waals surface area contributed by atoms with Crippen molar-refractivity contribution in [3.8, 4) is 16.3 Å². The molecule has 0 unspecified atom stereocenters. The summed E-state index contributed by atoms with van der Waals surface area (Å²) >= 11 is 1.59. The largest absolute Gasteiger partial charge is 0.487 e. The maximum atomic E-state index is 12.2. The Hall–Kier alpha value is -2.61. The molecule has 0 saturated carbocycles. The molecule has 1 aromatic heterocycles. The summed E-state index contributed by atoms with van der Waals surface area (Å²) in [6.45, 7) is 2.17. The number of amides is 1. The average molecular weight is 420 g/mol. The van der Waals surface area contributed by atoms with E-state index in [2.05, 4.69) is 5.32 Å². The molecule has 152 valence electrons. The molecule has 0 aliphatic carbocycles. The molecule has 3 aromatic rings. The highest BCUT2D eigenvalue weighted by Gasteiger charge is 2.30. The number of carbonyl (C=O) groups excluding carboxylic acids is 1. The Kier molecular flexibility index (Phi) is 5.21. The van der Waals surface area contributed by atoms with Gasteiger partial charge < -0.3 is 10.1 Å². The fraction of sp³-hybridized carbons (Fsp3) is 0.333. The fourth-order valence-corrected chi connectivity index (χ4v) is 4.40. The zero-order valence-electron chi connectivity index (χ0n) is 15.7. The summed E-state index contributed by atoms with van der Waals surface area (Å²) in [7, 11) is 0. The van der Waals surface area contributed by atoms with Crippen molar-refractivity contribution < 1.29 is 22.7 Å². The van der Waals surface area contributed by atoms with Crippen LogP contribution >= 0.6 is 11.3 Å². The first-order valence-electron chi connectivity index (χ1n) is 9.28. The molecule has 0 saturated heterocycles. The van der Waals surface area contributed by atoms with E-state index < -0.39 is 24.9 Å². The van der Waals surface area contributed by atoms with Crippen LogP contribution in [0, 0.1) is 6.92 Å². The van der Waals surface area contributed by atoms with Crippen LogP contribution in [0.5, 0.6) is 5.75 Å². The Balaban J connectivity index is 1.48. The zero-order chi connectivity index (χ0) is 20.6. The van der Waals surface area contributed by atoms with Crippen molar-refractivity contribution in [1.82, 2.24) is 10.3 Å². The minimum Gasteiger partial charge on any atom is -0.487 e. The normalized spacial score (nSPS) is 15.9. The lowest BCUT2D eigenvalue weighted by Crippen LogP contribution is -2.34. The maximum absolute atomic E-state index is 12.2. The van der Waals surface area contributed by atoms with Crippen LogP contribution in [0.15, 0.2) is 36.4 Å². The Bertz CT molecular complexity index is 1030. The number of alkyl halides is 3. The van der Waals surface area contributed by atoms with E-state index in [1.165, 1.54) is 0 Å². The molecule has 2 heterocycles. The van der Waals surface area contributed by atoms with Crippen LogP contribution in [0.1, 0.15) is 24.0 Å². The number of para-hydroxylation sites is 1. The van der Waals surface area contributed by atoms with Gasteiger partial charge in [-0.05, 0) is 36.2 Å². The lowest BCUT2D eigenvalue weighted by Gasteiger charge is -2.13. The molecular formula is C21H19F3N2O2S. The van der Waals surface area contributed by atoms with E-state index in [1.807, 2.05) is 43.3 Å². The second-order valence-electron chi connectivity index (χ2n) is 7.15.